The SMILES string of the molecule is O=C(O)C1(c2c(F)cccc2Cl)CC2(CCCCCC2)C1. The molecular weight excluding hydrogens is 291 g/mol. The van der Waals surface area contributed by atoms with Crippen LogP contribution in [0.25, 0.3) is 0 Å². The Hall–Kier alpha value is -1.09. The van der Waals surface area contributed by atoms with Gasteiger partial charge in [-0.25, -0.2) is 4.39 Å². The van der Waals surface area contributed by atoms with Crippen LogP contribution in [0.2, 0.25) is 5.02 Å². The van der Waals surface area contributed by atoms with Crippen LogP contribution in [0.15, 0.2) is 18.2 Å². The highest BCUT2D eigenvalue weighted by Gasteiger charge is 2.60. The molecule has 0 unspecified atom stereocenters. The van der Waals surface area contributed by atoms with E-state index >= 15 is 0 Å². The highest BCUT2D eigenvalue weighted by atomic mass is 35.5. The van der Waals surface area contributed by atoms with Crippen molar-refractivity contribution in [1.82, 2.24) is 0 Å². The van der Waals surface area contributed by atoms with Crippen molar-refractivity contribution < 1.29 is 14.3 Å². The summed E-state index contributed by atoms with van der Waals surface area (Å²) in [4.78, 5) is 11.9. The summed E-state index contributed by atoms with van der Waals surface area (Å²) < 4.78 is 14.2. The van der Waals surface area contributed by atoms with Crippen LogP contribution in [0.3, 0.4) is 0 Å². The van der Waals surface area contributed by atoms with E-state index in [1.54, 1.807) is 6.07 Å². The number of aliphatic carboxylic acids is 1. The van der Waals surface area contributed by atoms with Gasteiger partial charge >= 0.3 is 5.97 Å². The Bertz CT molecular complexity index is 534. The van der Waals surface area contributed by atoms with E-state index in [2.05, 4.69) is 0 Å². The average Bonchev–Trinajstić information content (AvgIpc) is 2.62. The second kappa shape index (κ2) is 5.28. The Balaban J connectivity index is 1.96. The van der Waals surface area contributed by atoms with E-state index in [1.807, 2.05) is 0 Å². The van der Waals surface area contributed by atoms with Crippen molar-refractivity contribution in [2.45, 2.75) is 56.8 Å². The molecule has 21 heavy (non-hydrogen) atoms. The molecule has 2 fully saturated rings. The van der Waals surface area contributed by atoms with E-state index in [-0.39, 0.29) is 16.0 Å². The van der Waals surface area contributed by atoms with Gasteiger partial charge in [-0.3, -0.25) is 4.79 Å². The highest BCUT2D eigenvalue weighted by Crippen LogP contribution is 2.62. The number of rotatable bonds is 2. The fraction of sp³-hybridized carbons (Fsp3) is 0.588. The molecule has 0 bridgehead atoms. The van der Waals surface area contributed by atoms with Crippen molar-refractivity contribution in [2.24, 2.45) is 5.41 Å². The minimum absolute atomic E-state index is 0.0838. The van der Waals surface area contributed by atoms with Crippen molar-refractivity contribution in [3.8, 4) is 0 Å². The number of carboxylic acid groups (broad SMARTS) is 1. The average molecular weight is 311 g/mol. The fourth-order valence-corrected chi connectivity index (χ4v) is 4.79. The summed E-state index contributed by atoms with van der Waals surface area (Å²) in [5.74, 6) is -1.43. The lowest BCUT2D eigenvalue weighted by Gasteiger charge is -2.54. The van der Waals surface area contributed by atoms with Crippen molar-refractivity contribution in [3.05, 3.63) is 34.6 Å². The first-order valence-electron chi connectivity index (χ1n) is 7.67. The third-order valence-electron chi connectivity index (χ3n) is 5.37. The summed E-state index contributed by atoms with van der Waals surface area (Å²) in [6.45, 7) is 0. The number of hydrogen-bond acceptors (Lipinski definition) is 1. The van der Waals surface area contributed by atoms with Gasteiger partial charge in [0.2, 0.25) is 0 Å². The molecule has 2 saturated carbocycles. The van der Waals surface area contributed by atoms with Crippen LogP contribution < -0.4 is 0 Å². The molecule has 1 spiro atoms. The normalized spacial score (nSPS) is 23.3. The smallest absolute Gasteiger partial charge is 0.314 e. The summed E-state index contributed by atoms with van der Waals surface area (Å²) in [5.41, 5.74) is -0.859. The molecule has 3 rings (SSSR count). The molecule has 1 N–H and O–H groups in total. The second-order valence-corrected chi connectivity index (χ2v) is 7.16. The predicted molar refractivity (Wildman–Crippen MR) is 80.1 cm³/mol. The first kappa shape index (κ1) is 14.8. The van der Waals surface area contributed by atoms with Crippen molar-refractivity contribution in [1.29, 1.82) is 0 Å². The van der Waals surface area contributed by atoms with E-state index in [9.17, 15) is 14.3 Å². The molecule has 0 amide bonds. The van der Waals surface area contributed by atoms with Crippen LogP contribution in [0, 0.1) is 11.2 Å². The van der Waals surface area contributed by atoms with Gasteiger partial charge < -0.3 is 5.11 Å². The standard InChI is InChI=1S/C17H20ClFO2/c18-12-6-5-7-13(19)14(12)17(15(20)21)10-16(11-17)8-3-1-2-4-9-16/h5-7H,1-4,8-11H2,(H,20,21). The van der Waals surface area contributed by atoms with Gasteiger partial charge in [-0.1, -0.05) is 43.4 Å². The van der Waals surface area contributed by atoms with Crippen LogP contribution in [-0.4, -0.2) is 11.1 Å². The maximum atomic E-state index is 14.2. The molecule has 2 nitrogen and oxygen atoms in total. The van der Waals surface area contributed by atoms with Crippen molar-refractivity contribution >= 4 is 17.6 Å². The van der Waals surface area contributed by atoms with Gasteiger partial charge in [0.25, 0.3) is 0 Å². The Morgan fingerprint density at radius 2 is 1.76 bits per heavy atom. The molecule has 0 aliphatic heterocycles. The Morgan fingerprint density at radius 1 is 1.14 bits per heavy atom. The van der Waals surface area contributed by atoms with Crippen LogP contribution in [0.4, 0.5) is 4.39 Å². The summed E-state index contributed by atoms with van der Waals surface area (Å²) in [7, 11) is 0. The van der Waals surface area contributed by atoms with Crippen LogP contribution in [0.5, 0.6) is 0 Å². The molecule has 2 aliphatic rings. The van der Waals surface area contributed by atoms with Gasteiger partial charge in [0, 0.05) is 10.6 Å². The van der Waals surface area contributed by atoms with E-state index in [0.29, 0.717) is 12.8 Å². The molecule has 114 valence electrons. The number of halogens is 2. The summed E-state index contributed by atoms with van der Waals surface area (Å²) in [5, 5.41) is 9.98. The molecule has 1 aromatic carbocycles. The minimum atomic E-state index is -1.13. The maximum Gasteiger partial charge on any atom is 0.314 e. The van der Waals surface area contributed by atoms with Gasteiger partial charge in [0.15, 0.2) is 0 Å². The maximum absolute atomic E-state index is 14.2. The summed E-state index contributed by atoms with van der Waals surface area (Å²) in [6, 6.07) is 4.42. The lowest BCUT2D eigenvalue weighted by atomic mass is 9.48. The third-order valence-corrected chi connectivity index (χ3v) is 5.68. The second-order valence-electron chi connectivity index (χ2n) is 6.75. The quantitative estimate of drug-likeness (QED) is 0.840. The van der Waals surface area contributed by atoms with E-state index in [4.69, 9.17) is 11.6 Å². The van der Waals surface area contributed by atoms with Gasteiger partial charge in [-0.05, 0) is 43.2 Å². The summed E-state index contributed by atoms with van der Waals surface area (Å²) >= 11 is 6.13. The molecular formula is C17H20ClFO2. The fourth-order valence-electron chi connectivity index (χ4n) is 4.45. The van der Waals surface area contributed by atoms with Gasteiger partial charge in [-0.2, -0.15) is 0 Å². The van der Waals surface area contributed by atoms with Crippen LogP contribution >= 0.6 is 11.6 Å². The zero-order valence-corrected chi connectivity index (χ0v) is 12.8. The van der Waals surface area contributed by atoms with Crippen LogP contribution in [0.1, 0.15) is 56.9 Å². The first-order chi connectivity index (χ1) is 9.99. The minimum Gasteiger partial charge on any atom is -0.481 e. The molecule has 0 atom stereocenters. The van der Waals surface area contributed by atoms with Gasteiger partial charge in [0.05, 0.1) is 5.41 Å². The van der Waals surface area contributed by atoms with Crippen LogP contribution in [-0.2, 0) is 10.2 Å². The summed E-state index contributed by atoms with van der Waals surface area (Å²) in [6.07, 6.45) is 7.93. The molecule has 4 heteroatoms. The zero-order valence-electron chi connectivity index (χ0n) is 12.0. The lowest BCUT2D eigenvalue weighted by Crippen LogP contribution is -2.55. The van der Waals surface area contributed by atoms with Crippen molar-refractivity contribution in [2.75, 3.05) is 0 Å². The topological polar surface area (TPSA) is 37.3 Å². The van der Waals surface area contributed by atoms with E-state index < -0.39 is 17.2 Å². The largest absolute Gasteiger partial charge is 0.481 e. The number of carbonyl (C=O) groups is 1. The molecule has 1 aromatic rings. The first-order valence-corrected chi connectivity index (χ1v) is 8.05. The third kappa shape index (κ3) is 2.36. The number of benzene rings is 1. The Labute approximate surface area is 129 Å². The number of carboxylic acids is 1. The molecule has 0 saturated heterocycles. The Morgan fingerprint density at radius 3 is 2.29 bits per heavy atom. The predicted octanol–water partition coefficient (Wildman–Crippen LogP) is 4.94. The Kier molecular flexibility index (Phi) is 3.73. The van der Waals surface area contributed by atoms with Gasteiger partial charge in [0.1, 0.15) is 5.82 Å². The van der Waals surface area contributed by atoms with E-state index in [0.717, 1.165) is 25.7 Å². The zero-order chi connectivity index (χ0) is 15.1. The molecule has 0 radical (unpaired) electrons. The van der Waals surface area contributed by atoms with Gasteiger partial charge in [-0.15, -0.1) is 0 Å². The number of hydrogen-bond donors (Lipinski definition) is 1. The monoisotopic (exact) mass is 310 g/mol. The van der Waals surface area contributed by atoms with E-state index in [1.165, 1.54) is 25.0 Å². The molecule has 0 heterocycles. The highest BCUT2D eigenvalue weighted by molar-refractivity contribution is 6.31. The molecule has 0 aromatic heterocycles. The van der Waals surface area contributed by atoms with Crippen molar-refractivity contribution in [3.63, 3.8) is 0 Å². The molecule has 2 aliphatic carbocycles. The lowest BCUT2D eigenvalue weighted by molar-refractivity contribution is -0.156.